The first-order valence-corrected chi connectivity index (χ1v) is 12.3. The molecule has 0 aliphatic heterocycles. The van der Waals surface area contributed by atoms with Crippen molar-refractivity contribution in [2.75, 3.05) is 10.2 Å². The number of hydrogen-bond acceptors (Lipinski definition) is 8. The minimum atomic E-state index is -0.441. The Morgan fingerprint density at radius 2 is 1.21 bits per heavy atom. The summed E-state index contributed by atoms with van der Waals surface area (Å²) < 4.78 is 0. The lowest BCUT2D eigenvalue weighted by Crippen LogP contribution is -2.24. The fourth-order valence-electron chi connectivity index (χ4n) is 4.03. The van der Waals surface area contributed by atoms with Crippen molar-refractivity contribution in [3.63, 3.8) is 0 Å². The van der Waals surface area contributed by atoms with E-state index >= 15 is 0 Å². The van der Waals surface area contributed by atoms with Crippen LogP contribution in [-0.2, 0) is 13.1 Å². The molecule has 5 aromatic rings. The molecule has 0 saturated carbocycles. The van der Waals surface area contributed by atoms with E-state index in [2.05, 4.69) is 25.5 Å². The maximum absolute atomic E-state index is 12.3. The Morgan fingerprint density at radius 3 is 1.74 bits per heavy atom. The van der Waals surface area contributed by atoms with E-state index in [1.165, 1.54) is 6.33 Å². The summed E-state index contributed by atoms with van der Waals surface area (Å²) in [5, 5.41) is 23.9. The third kappa shape index (κ3) is 6.66. The molecule has 1 aromatic heterocycles. The van der Waals surface area contributed by atoms with Crippen molar-refractivity contribution >= 4 is 34.4 Å². The third-order valence-electron chi connectivity index (χ3n) is 5.88. The summed E-state index contributed by atoms with van der Waals surface area (Å²) in [5.41, 5.74) is 3.85. The van der Waals surface area contributed by atoms with Gasteiger partial charge in [0.1, 0.15) is 6.33 Å². The molecule has 0 amide bonds. The maximum atomic E-state index is 12.3. The quantitative estimate of drug-likeness (QED) is 0.116. The largest absolute Gasteiger partial charge is 0.353 e. The number of nitrogens with zero attached hydrogens (tertiary/aromatic N) is 6. The Balaban J connectivity index is 1.43. The van der Waals surface area contributed by atoms with Crippen LogP contribution in [0.15, 0.2) is 132 Å². The maximum Gasteiger partial charge on any atom is 0.353 e. The lowest BCUT2D eigenvalue weighted by Gasteiger charge is -2.24. The minimum absolute atomic E-state index is 0.106. The number of nitro groups is 1. The van der Waals surface area contributed by atoms with Crippen LogP contribution < -0.4 is 10.2 Å². The Bertz CT molecular complexity index is 1500. The molecule has 192 valence electrons. The summed E-state index contributed by atoms with van der Waals surface area (Å²) in [6, 6.07) is 36.1. The Morgan fingerprint density at radius 1 is 0.692 bits per heavy atom. The molecule has 1 heterocycles. The minimum Gasteiger partial charge on any atom is -0.342 e. The second kappa shape index (κ2) is 12.2. The third-order valence-corrected chi connectivity index (χ3v) is 5.88. The summed E-state index contributed by atoms with van der Waals surface area (Å²) in [6.07, 6.45) is 1.34. The van der Waals surface area contributed by atoms with Gasteiger partial charge in [-0.05, 0) is 47.5 Å². The van der Waals surface area contributed by atoms with E-state index < -0.39 is 4.92 Å². The lowest BCUT2D eigenvalue weighted by molar-refractivity contribution is -0.383. The van der Waals surface area contributed by atoms with Gasteiger partial charge in [0.2, 0.25) is 11.6 Å². The van der Waals surface area contributed by atoms with E-state index in [0.29, 0.717) is 24.5 Å². The van der Waals surface area contributed by atoms with Gasteiger partial charge in [-0.2, -0.15) is 10.2 Å². The number of anilines is 3. The van der Waals surface area contributed by atoms with Gasteiger partial charge in [-0.1, -0.05) is 78.9 Å². The molecule has 0 bridgehead atoms. The summed E-state index contributed by atoms with van der Waals surface area (Å²) in [7, 11) is 0. The van der Waals surface area contributed by atoms with Crippen LogP contribution in [-0.4, -0.2) is 14.9 Å². The fourth-order valence-corrected chi connectivity index (χ4v) is 4.03. The Labute approximate surface area is 225 Å². The highest BCUT2D eigenvalue weighted by Crippen LogP contribution is 2.35. The van der Waals surface area contributed by atoms with Crippen LogP contribution in [0.4, 0.5) is 34.4 Å². The molecule has 0 unspecified atom stereocenters. The number of aromatic nitrogens is 2. The summed E-state index contributed by atoms with van der Waals surface area (Å²) in [4.78, 5) is 22.4. The molecule has 39 heavy (non-hydrogen) atoms. The second-order valence-electron chi connectivity index (χ2n) is 8.69. The van der Waals surface area contributed by atoms with E-state index in [1.807, 2.05) is 95.9 Å². The molecule has 0 aliphatic carbocycles. The molecule has 1 N–H and O–H groups in total. The van der Waals surface area contributed by atoms with Crippen molar-refractivity contribution in [1.82, 2.24) is 9.97 Å². The first-order valence-electron chi connectivity index (χ1n) is 12.3. The predicted octanol–water partition coefficient (Wildman–Crippen LogP) is 7.75. The highest BCUT2D eigenvalue weighted by molar-refractivity contribution is 5.75. The zero-order valence-electron chi connectivity index (χ0n) is 21.0. The van der Waals surface area contributed by atoms with Gasteiger partial charge in [-0.25, -0.2) is 9.97 Å². The van der Waals surface area contributed by atoms with Gasteiger partial charge in [-0.15, -0.1) is 0 Å². The lowest BCUT2D eigenvalue weighted by atomic mass is 10.1. The smallest absolute Gasteiger partial charge is 0.342 e. The van der Waals surface area contributed by atoms with Crippen LogP contribution in [0.1, 0.15) is 11.1 Å². The van der Waals surface area contributed by atoms with Gasteiger partial charge in [0, 0.05) is 18.8 Å². The molecule has 0 radical (unpaired) electrons. The Kier molecular flexibility index (Phi) is 7.89. The number of rotatable bonds is 10. The van der Waals surface area contributed by atoms with Gasteiger partial charge < -0.3 is 10.2 Å². The van der Waals surface area contributed by atoms with Crippen molar-refractivity contribution in [2.45, 2.75) is 13.1 Å². The topological polar surface area (TPSA) is 109 Å². The van der Waals surface area contributed by atoms with E-state index in [0.717, 1.165) is 16.8 Å². The van der Waals surface area contributed by atoms with E-state index in [4.69, 9.17) is 0 Å². The first-order chi connectivity index (χ1) is 19.2. The summed E-state index contributed by atoms with van der Waals surface area (Å²) in [5.74, 6) is 0.341. The molecule has 0 saturated heterocycles. The highest BCUT2D eigenvalue weighted by Gasteiger charge is 2.27. The molecule has 5 rings (SSSR count). The van der Waals surface area contributed by atoms with E-state index in [1.54, 1.807) is 24.3 Å². The van der Waals surface area contributed by atoms with Crippen LogP contribution >= 0.6 is 0 Å². The molecular formula is C30H25N7O2. The van der Waals surface area contributed by atoms with Crippen molar-refractivity contribution in [2.24, 2.45) is 10.2 Å². The van der Waals surface area contributed by atoms with Crippen molar-refractivity contribution in [3.05, 3.63) is 143 Å². The molecule has 0 atom stereocenters. The number of benzene rings is 4. The normalized spacial score (nSPS) is 10.9. The number of azo groups is 1. The number of nitrogens with one attached hydrogen (secondary N) is 1. The van der Waals surface area contributed by atoms with Crippen LogP contribution in [0.25, 0.3) is 0 Å². The van der Waals surface area contributed by atoms with Gasteiger partial charge in [-0.3, -0.25) is 10.1 Å². The van der Waals surface area contributed by atoms with Crippen LogP contribution in [0.2, 0.25) is 0 Å². The second-order valence-corrected chi connectivity index (χ2v) is 8.69. The number of hydrogen-bond donors (Lipinski definition) is 1. The molecule has 4 aromatic carbocycles. The fraction of sp³-hybridized carbons (Fsp3) is 0.0667. The summed E-state index contributed by atoms with van der Waals surface area (Å²) in [6.45, 7) is 0.877. The average molecular weight is 516 g/mol. The van der Waals surface area contributed by atoms with Crippen molar-refractivity contribution in [1.29, 1.82) is 0 Å². The van der Waals surface area contributed by atoms with Crippen molar-refractivity contribution in [3.8, 4) is 0 Å². The molecule has 9 heteroatoms. The first kappa shape index (κ1) is 25.2. The van der Waals surface area contributed by atoms with E-state index in [-0.39, 0.29) is 17.3 Å². The average Bonchev–Trinajstić information content (AvgIpc) is 2.98. The zero-order valence-corrected chi connectivity index (χ0v) is 21.0. The monoisotopic (exact) mass is 515 g/mol. The summed E-state index contributed by atoms with van der Waals surface area (Å²) >= 11 is 0. The SMILES string of the molecule is O=[N+]([O-])c1c(Nc2ccc(N=Nc3ccccc3)cc2)ncnc1N(Cc1ccccc1)Cc1ccccc1. The predicted molar refractivity (Wildman–Crippen MR) is 152 cm³/mol. The van der Waals surface area contributed by atoms with Crippen molar-refractivity contribution < 1.29 is 4.92 Å². The van der Waals surface area contributed by atoms with Crippen LogP contribution in [0.3, 0.4) is 0 Å². The van der Waals surface area contributed by atoms with E-state index in [9.17, 15) is 10.1 Å². The molecule has 9 nitrogen and oxygen atoms in total. The van der Waals surface area contributed by atoms with Crippen LogP contribution in [0, 0.1) is 10.1 Å². The van der Waals surface area contributed by atoms with Crippen LogP contribution in [0.5, 0.6) is 0 Å². The van der Waals surface area contributed by atoms with Gasteiger partial charge in [0.15, 0.2) is 0 Å². The molecule has 0 spiro atoms. The standard InChI is InChI=1S/C30H25N7O2/c38-37(39)28-29(33-25-16-18-27(19-17-25)35-34-26-14-8-3-9-15-26)31-22-32-30(28)36(20-23-10-4-1-5-11-23)21-24-12-6-2-7-13-24/h1-19,22H,20-21H2,(H,31,32,33). The Hall–Kier alpha value is -5.44. The van der Waals surface area contributed by atoms with Gasteiger partial charge >= 0.3 is 5.69 Å². The van der Waals surface area contributed by atoms with Gasteiger partial charge in [0.05, 0.1) is 16.3 Å². The molecule has 0 fully saturated rings. The highest BCUT2D eigenvalue weighted by atomic mass is 16.6. The molecule has 0 aliphatic rings. The van der Waals surface area contributed by atoms with Gasteiger partial charge in [0.25, 0.3) is 0 Å². The molecular weight excluding hydrogens is 490 g/mol. The zero-order chi connectivity index (χ0) is 26.9.